The van der Waals surface area contributed by atoms with Crippen molar-refractivity contribution in [3.05, 3.63) is 64.1 Å². The van der Waals surface area contributed by atoms with Gasteiger partial charge in [0.2, 0.25) is 5.91 Å². The number of halogens is 2. The smallest absolute Gasteiger partial charge is 0.248 e. The molecular formula is C18H17Cl2NO2. The van der Waals surface area contributed by atoms with Crippen LogP contribution in [-0.2, 0) is 4.79 Å². The van der Waals surface area contributed by atoms with Crippen LogP contribution in [0, 0.1) is 0 Å². The zero-order valence-corrected chi connectivity index (χ0v) is 14.2. The van der Waals surface area contributed by atoms with Gasteiger partial charge >= 0.3 is 0 Å². The SMILES string of the molecule is CCCOc1ccc(C=CC(=O)Nc2cc(Cl)cc(Cl)c2)cc1. The van der Waals surface area contributed by atoms with Gasteiger partial charge in [-0.3, -0.25) is 4.79 Å². The second-order valence-corrected chi connectivity index (χ2v) is 5.77. The van der Waals surface area contributed by atoms with E-state index in [1.807, 2.05) is 24.3 Å². The van der Waals surface area contributed by atoms with Crippen molar-refractivity contribution in [1.82, 2.24) is 0 Å². The maximum absolute atomic E-state index is 11.9. The van der Waals surface area contributed by atoms with E-state index in [1.165, 1.54) is 6.08 Å². The zero-order valence-electron chi connectivity index (χ0n) is 12.7. The molecule has 0 aliphatic heterocycles. The summed E-state index contributed by atoms with van der Waals surface area (Å²) in [5, 5.41) is 3.66. The van der Waals surface area contributed by atoms with Crippen molar-refractivity contribution in [3.63, 3.8) is 0 Å². The van der Waals surface area contributed by atoms with Crippen molar-refractivity contribution in [2.24, 2.45) is 0 Å². The third kappa shape index (κ3) is 5.97. The molecule has 1 N–H and O–H groups in total. The Kier molecular flexibility index (Phi) is 6.51. The first-order valence-electron chi connectivity index (χ1n) is 7.25. The molecule has 2 rings (SSSR count). The first kappa shape index (κ1) is 17.4. The van der Waals surface area contributed by atoms with E-state index < -0.39 is 0 Å². The molecule has 0 aliphatic carbocycles. The van der Waals surface area contributed by atoms with Crippen molar-refractivity contribution < 1.29 is 9.53 Å². The predicted molar refractivity (Wildman–Crippen MR) is 96.4 cm³/mol. The highest BCUT2D eigenvalue weighted by Gasteiger charge is 2.01. The highest BCUT2D eigenvalue weighted by Crippen LogP contribution is 2.22. The number of hydrogen-bond acceptors (Lipinski definition) is 2. The molecule has 0 bridgehead atoms. The van der Waals surface area contributed by atoms with Crippen LogP contribution in [-0.4, -0.2) is 12.5 Å². The van der Waals surface area contributed by atoms with Gasteiger partial charge in [-0.1, -0.05) is 42.3 Å². The Morgan fingerprint density at radius 3 is 2.39 bits per heavy atom. The molecule has 0 radical (unpaired) electrons. The molecule has 23 heavy (non-hydrogen) atoms. The second-order valence-electron chi connectivity index (χ2n) is 4.90. The number of carbonyl (C=O) groups is 1. The number of ether oxygens (including phenoxy) is 1. The molecule has 0 aliphatic rings. The number of hydrogen-bond donors (Lipinski definition) is 1. The molecule has 0 aromatic heterocycles. The van der Waals surface area contributed by atoms with E-state index in [4.69, 9.17) is 27.9 Å². The maximum Gasteiger partial charge on any atom is 0.248 e. The van der Waals surface area contributed by atoms with E-state index in [2.05, 4.69) is 12.2 Å². The summed E-state index contributed by atoms with van der Waals surface area (Å²) in [6, 6.07) is 12.4. The van der Waals surface area contributed by atoms with E-state index in [9.17, 15) is 4.79 Å². The Labute approximate surface area is 145 Å². The van der Waals surface area contributed by atoms with Gasteiger partial charge in [0.15, 0.2) is 0 Å². The molecule has 0 saturated heterocycles. The fourth-order valence-corrected chi connectivity index (χ4v) is 2.40. The summed E-state index contributed by atoms with van der Waals surface area (Å²) in [6.45, 7) is 2.75. The Morgan fingerprint density at radius 1 is 1.13 bits per heavy atom. The zero-order chi connectivity index (χ0) is 16.7. The molecule has 0 atom stereocenters. The van der Waals surface area contributed by atoms with Gasteiger partial charge in [-0.25, -0.2) is 0 Å². The summed E-state index contributed by atoms with van der Waals surface area (Å²) in [5.41, 5.74) is 1.47. The topological polar surface area (TPSA) is 38.3 Å². The number of rotatable bonds is 6. The summed E-state index contributed by atoms with van der Waals surface area (Å²) in [7, 11) is 0. The summed E-state index contributed by atoms with van der Waals surface area (Å²) >= 11 is 11.8. The summed E-state index contributed by atoms with van der Waals surface area (Å²) in [5.74, 6) is 0.566. The van der Waals surface area contributed by atoms with Gasteiger partial charge in [-0.05, 0) is 48.4 Å². The lowest BCUT2D eigenvalue weighted by atomic mass is 10.2. The molecular weight excluding hydrogens is 333 g/mol. The van der Waals surface area contributed by atoms with Gasteiger partial charge < -0.3 is 10.1 Å². The highest BCUT2D eigenvalue weighted by atomic mass is 35.5. The van der Waals surface area contributed by atoms with Gasteiger partial charge in [0.25, 0.3) is 0 Å². The monoisotopic (exact) mass is 349 g/mol. The number of anilines is 1. The Balaban J connectivity index is 1.95. The number of amides is 1. The molecule has 2 aromatic carbocycles. The minimum Gasteiger partial charge on any atom is -0.494 e. The van der Waals surface area contributed by atoms with E-state index in [0.717, 1.165) is 17.7 Å². The van der Waals surface area contributed by atoms with Crippen LogP contribution < -0.4 is 10.1 Å². The molecule has 0 saturated carbocycles. The lowest BCUT2D eigenvalue weighted by molar-refractivity contribution is -0.111. The maximum atomic E-state index is 11.9. The number of benzene rings is 2. The first-order chi connectivity index (χ1) is 11.1. The van der Waals surface area contributed by atoms with Crippen LogP contribution in [0.15, 0.2) is 48.5 Å². The van der Waals surface area contributed by atoms with Crippen molar-refractivity contribution in [1.29, 1.82) is 0 Å². The van der Waals surface area contributed by atoms with Crippen LogP contribution in [0.3, 0.4) is 0 Å². The first-order valence-corrected chi connectivity index (χ1v) is 8.00. The van der Waals surface area contributed by atoms with Gasteiger partial charge in [-0.2, -0.15) is 0 Å². The summed E-state index contributed by atoms with van der Waals surface area (Å²) in [6.07, 6.45) is 4.15. The van der Waals surface area contributed by atoms with Gasteiger partial charge in [0, 0.05) is 21.8 Å². The lowest BCUT2D eigenvalue weighted by Gasteiger charge is -2.04. The quantitative estimate of drug-likeness (QED) is 0.705. The standard InChI is InChI=1S/C18H17Cl2NO2/c1-2-9-23-17-6-3-13(4-7-17)5-8-18(22)21-16-11-14(19)10-15(20)12-16/h3-8,10-12H,2,9H2,1H3,(H,21,22). The number of nitrogens with one attached hydrogen (secondary N) is 1. The minimum absolute atomic E-state index is 0.255. The average Bonchev–Trinajstić information content (AvgIpc) is 2.51. The summed E-state index contributed by atoms with van der Waals surface area (Å²) < 4.78 is 5.51. The predicted octanol–water partition coefficient (Wildman–Crippen LogP) is 5.43. The van der Waals surface area contributed by atoms with E-state index in [1.54, 1.807) is 24.3 Å². The Morgan fingerprint density at radius 2 is 1.78 bits per heavy atom. The largest absolute Gasteiger partial charge is 0.494 e. The van der Waals surface area contributed by atoms with E-state index in [0.29, 0.717) is 22.3 Å². The van der Waals surface area contributed by atoms with Crippen molar-refractivity contribution in [2.75, 3.05) is 11.9 Å². The van der Waals surface area contributed by atoms with E-state index in [-0.39, 0.29) is 5.91 Å². The van der Waals surface area contributed by atoms with Gasteiger partial charge in [0.05, 0.1) is 6.61 Å². The third-order valence-electron chi connectivity index (χ3n) is 2.91. The fraction of sp³-hybridized carbons (Fsp3) is 0.167. The van der Waals surface area contributed by atoms with Crippen LogP contribution >= 0.6 is 23.2 Å². The summed E-state index contributed by atoms with van der Waals surface area (Å²) in [4.78, 5) is 11.9. The molecule has 0 fully saturated rings. The average molecular weight is 350 g/mol. The van der Waals surface area contributed by atoms with Crippen LogP contribution in [0.1, 0.15) is 18.9 Å². The van der Waals surface area contributed by atoms with Crippen LogP contribution in [0.4, 0.5) is 5.69 Å². The van der Waals surface area contributed by atoms with Crippen molar-refractivity contribution in [2.45, 2.75) is 13.3 Å². The highest BCUT2D eigenvalue weighted by molar-refractivity contribution is 6.35. The third-order valence-corrected chi connectivity index (χ3v) is 3.35. The van der Waals surface area contributed by atoms with Crippen LogP contribution in [0.2, 0.25) is 10.0 Å². The van der Waals surface area contributed by atoms with E-state index >= 15 is 0 Å². The normalized spacial score (nSPS) is 10.7. The second kappa shape index (κ2) is 8.61. The molecule has 0 spiro atoms. The van der Waals surface area contributed by atoms with Gasteiger partial charge in [-0.15, -0.1) is 0 Å². The molecule has 3 nitrogen and oxygen atoms in total. The van der Waals surface area contributed by atoms with Crippen LogP contribution in [0.5, 0.6) is 5.75 Å². The Hall–Kier alpha value is -1.97. The molecule has 120 valence electrons. The Bertz CT molecular complexity index is 676. The van der Waals surface area contributed by atoms with Crippen LogP contribution in [0.25, 0.3) is 6.08 Å². The molecule has 1 amide bonds. The van der Waals surface area contributed by atoms with Crippen molar-refractivity contribution in [3.8, 4) is 5.75 Å². The van der Waals surface area contributed by atoms with Crippen molar-refractivity contribution >= 4 is 40.9 Å². The number of carbonyl (C=O) groups excluding carboxylic acids is 1. The minimum atomic E-state index is -0.255. The molecule has 2 aromatic rings. The fourth-order valence-electron chi connectivity index (χ4n) is 1.88. The molecule has 0 unspecified atom stereocenters. The molecule has 5 heteroatoms. The van der Waals surface area contributed by atoms with Gasteiger partial charge in [0.1, 0.15) is 5.75 Å². The lowest BCUT2D eigenvalue weighted by Crippen LogP contribution is -2.07. The molecule has 0 heterocycles.